The fraction of sp³-hybridized carbons (Fsp3) is 0.353. The van der Waals surface area contributed by atoms with E-state index < -0.39 is 0 Å². The number of H-pyrrole nitrogens is 1. The Kier molecular flexibility index (Phi) is 4.13. The van der Waals surface area contributed by atoms with Crippen molar-refractivity contribution in [2.45, 2.75) is 39.5 Å². The molecule has 0 saturated heterocycles. The zero-order chi connectivity index (χ0) is 17.7. The Labute approximate surface area is 157 Å². The highest BCUT2D eigenvalue weighted by atomic mass is 32.1. The molecular formula is C17H17N3O2S3. The number of carbonyl (C=O) groups is 1. The number of aromatic amines is 1. The number of rotatable bonds is 2. The summed E-state index contributed by atoms with van der Waals surface area (Å²) in [5.41, 5.74) is 5.14. The first-order valence-corrected chi connectivity index (χ1v) is 10.2. The second kappa shape index (κ2) is 6.19. The molecule has 130 valence electrons. The van der Waals surface area contributed by atoms with E-state index in [1.54, 1.807) is 11.3 Å². The number of hydrogen-bond acceptors (Lipinski definition) is 5. The maximum absolute atomic E-state index is 12.8. The van der Waals surface area contributed by atoms with Crippen molar-refractivity contribution in [3.05, 3.63) is 46.9 Å². The summed E-state index contributed by atoms with van der Waals surface area (Å²) >= 11 is 8.42. The minimum atomic E-state index is -0.280. The Hall–Kier alpha value is -1.77. The highest BCUT2D eigenvalue weighted by Crippen LogP contribution is 2.30. The van der Waals surface area contributed by atoms with Crippen LogP contribution in [0.1, 0.15) is 44.1 Å². The summed E-state index contributed by atoms with van der Waals surface area (Å²) in [5, 5.41) is 2.48. The number of fused-ring (bicyclic) bond motifs is 2. The monoisotopic (exact) mass is 391 g/mol. The van der Waals surface area contributed by atoms with E-state index in [-0.39, 0.29) is 16.2 Å². The van der Waals surface area contributed by atoms with Crippen molar-refractivity contribution in [1.29, 1.82) is 0 Å². The summed E-state index contributed by atoms with van der Waals surface area (Å²) in [6.07, 6.45) is 4.23. The minimum Gasteiger partial charge on any atom is -0.322 e. The highest BCUT2D eigenvalue weighted by molar-refractivity contribution is 7.71. The van der Waals surface area contributed by atoms with Crippen molar-refractivity contribution in [2.24, 2.45) is 0 Å². The van der Waals surface area contributed by atoms with Crippen LogP contribution in [0.15, 0.2) is 10.2 Å². The van der Waals surface area contributed by atoms with Gasteiger partial charge in [-0.1, -0.05) is 0 Å². The maximum atomic E-state index is 12.8. The molecule has 0 atom stereocenters. The van der Waals surface area contributed by atoms with Gasteiger partial charge < -0.3 is 4.98 Å². The van der Waals surface area contributed by atoms with Gasteiger partial charge in [-0.25, -0.2) is 0 Å². The molecule has 0 aliphatic heterocycles. The van der Waals surface area contributed by atoms with E-state index in [0.29, 0.717) is 10.9 Å². The molecule has 1 aliphatic rings. The standard InChI is InChI=1S/C17H17N3O2S3/c1-8-9(2)25-15-13(8)16(22)20(17(23)18-15)19-14(21)11-7-24-12-6-4-3-5-10(11)12/h7H,3-6H2,1-2H3,(H,18,23)(H,19,21). The lowest BCUT2D eigenvalue weighted by atomic mass is 9.96. The van der Waals surface area contributed by atoms with Gasteiger partial charge in [0.25, 0.3) is 11.5 Å². The average molecular weight is 392 g/mol. The molecule has 0 radical (unpaired) electrons. The minimum absolute atomic E-state index is 0.205. The quantitative estimate of drug-likeness (QED) is 0.648. The predicted octanol–water partition coefficient (Wildman–Crippen LogP) is 4.06. The van der Waals surface area contributed by atoms with Gasteiger partial charge in [-0.05, 0) is 62.9 Å². The predicted molar refractivity (Wildman–Crippen MR) is 105 cm³/mol. The molecule has 2 N–H and O–H groups in total. The lowest BCUT2D eigenvalue weighted by Gasteiger charge is -2.13. The topological polar surface area (TPSA) is 66.9 Å². The molecule has 0 aromatic carbocycles. The molecule has 5 nitrogen and oxygen atoms in total. The van der Waals surface area contributed by atoms with Crippen LogP contribution >= 0.6 is 34.9 Å². The van der Waals surface area contributed by atoms with Crippen LogP contribution in [0.2, 0.25) is 0 Å². The Balaban J connectivity index is 1.77. The van der Waals surface area contributed by atoms with E-state index in [1.165, 1.54) is 22.6 Å². The second-order valence-corrected chi connectivity index (χ2v) is 8.83. The molecule has 3 aromatic heterocycles. The third-order valence-electron chi connectivity index (χ3n) is 4.75. The summed E-state index contributed by atoms with van der Waals surface area (Å²) < 4.78 is 1.36. The zero-order valence-corrected chi connectivity index (χ0v) is 16.3. The Morgan fingerprint density at radius 3 is 2.88 bits per heavy atom. The van der Waals surface area contributed by atoms with E-state index in [1.807, 2.05) is 19.2 Å². The molecule has 1 aliphatic carbocycles. The zero-order valence-electron chi connectivity index (χ0n) is 13.9. The molecule has 0 saturated carbocycles. The number of aryl methyl sites for hydroxylation is 3. The summed E-state index contributed by atoms with van der Waals surface area (Å²) in [5.74, 6) is -0.273. The smallest absolute Gasteiger partial charge is 0.282 e. The van der Waals surface area contributed by atoms with Crippen molar-refractivity contribution >= 4 is 51.0 Å². The second-order valence-electron chi connectivity index (χ2n) is 6.26. The van der Waals surface area contributed by atoms with E-state index in [9.17, 15) is 9.59 Å². The number of aromatic nitrogens is 2. The SMILES string of the molecule is Cc1sc2[nH]c(=S)n(NC(=O)c3csc4c3CCCC4)c(=O)c2c1C. The van der Waals surface area contributed by atoms with Gasteiger partial charge in [-0.15, -0.1) is 22.7 Å². The molecule has 8 heteroatoms. The Morgan fingerprint density at radius 2 is 2.08 bits per heavy atom. The molecule has 3 aromatic rings. The van der Waals surface area contributed by atoms with Gasteiger partial charge in [0.15, 0.2) is 0 Å². The van der Waals surface area contributed by atoms with Gasteiger partial charge in [0.1, 0.15) is 4.83 Å². The molecule has 4 rings (SSSR count). The van der Waals surface area contributed by atoms with Crippen LogP contribution in [-0.4, -0.2) is 15.6 Å². The van der Waals surface area contributed by atoms with Crippen LogP contribution in [0.3, 0.4) is 0 Å². The van der Waals surface area contributed by atoms with E-state index >= 15 is 0 Å². The van der Waals surface area contributed by atoms with Gasteiger partial charge in [-0.2, -0.15) is 4.68 Å². The van der Waals surface area contributed by atoms with Crippen molar-refractivity contribution in [1.82, 2.24) is 9.66 Å². The number of thiophene rings is 2. The number of nitrogens with zero attached hydrogens (tertiary/aromatic N) is 1. The summed E-state index contributed by atoms with van der Waals surface area (Å²) in [6, 6.07) is 0. The van der Waals surface area contributed by atoms with Gasteiger partial charge in [0.2, 0.25) is 4.77 Å². The van der Waals surface area contributed by atoms with E-state index in [4.69, 9.17) is 12.2 Å². The van der Waals surface area contributed by atoms with Gasteiger partial charge in [0.05, 0.1) is 10.9 Å². The van der Waals surface area contributed by atoms with E-state index in [0.717, 1.165) is 44.8 Å². The molecular weight excluding hydrogens is 374 g/mol. The average Bonchev–Trinajstić information content (AvgIpc) is 3.13. The van der Waals surface area contributed by atoms with Crippen LogP contribution < -0.4 is 11.0 Å². The number of hydrogen-bond donors (Lipinski definition) is 2. The number of nitrogens with one attached hydrogen (secondary N) is 2. The Morgan fingerprint density at radius 1 is 1.32 bits per heavy atom. The van der Waals surface area contributed by atoms with Gasteiger partial charge >= 0.3 is 0 Å². The highest BCUT2D eigenvalue weighted by Gasteiger charge is 2.21. The van der Waals surface area contributed by atoms with Crippen molar-refractivity contribution in [3.63, 3.8) is 0 Å². The molecule has 0 spiro atoms. The molecule has 25 heavy (non-hydrogen) atoms. The van der Waals surface area contributed by atoms with Gasteiger partial charge in [0, 0.05) is 15.1 Å². The Bertz CT molecular complexity index is 1120. The summed E-state index contributed by atoms with van der Waals surface area (Å²) in [7, 11) is 0. The third-order valence-corrected chi connectivity index (χ3v) is 7.24. The normalized spacial score (nSPS) is 13.8. The van der Waals surface area contributed by atoms with Crippen molar-refractivity contribution < 1.29 is 4.79 Å². The first kappa shape index (κ1) is 16.7. The van der Waals surface area contributed by atoms with Crippen LogP contribution in [0, 0.1) is 18.6 Å². The largest absolute Gasteiger partial charge is 0.322 e. The van der Waals surface area contributed by atoms with Gasteiger partial charge in [-0.3, -0.25) is 15.0 Å². The molecule has 0 unspecified atom stereocenters. The summed E-state index contributed by atoms with van der Waals surface area (Å²) in [6.45, 7) is 3.88. The number of amides is 1. The van der Waals surface area contributed by atoms with Crippen molar-refractivity contribution in [3.8, 4) is 0 Å². The van der Waals surface area contributed by atoms with Crippen LogP contribution in [0.25, 0.3) is 10.2 Å². The fourth-order valence-electron chi connectivity index (χ4n) is 3.28. The third kappa shape index (κ3) is 2.68. The van der Waals surface area contributed by atoms with Crippen LogP contribution in [0.5, 0.6) is 0 Å². The van der Waals surface area contributed by atoms with Crippen LogP contribution in [0.4, 0.5) is 0 Å². The molecule has 1 amide bonds. The molecule has 3 heterocycles. The van der Waals surface area contributed by atoms with Crippen LogP contribution in [-0.2, 0) is 12.8 Å². The molecule has 0 bridgehead atoms. The molecule has 0 fully saturated rings. The maximum Gasteiger partial charge on any atom is 0.282 e. The first-order valence-electron chi connectivity index (χ1n) is 8.13. The first-order chi connectivity index (χ1) is 12.0. The lowest BCUT2D eigenvalue weighted by Crippen LogP contribution is -2.34. The number of carbonyl (C=O) groups excluding carboxylic acids is 1. The van der Waals surface area contributed by atoms with E-state index in [2.05, 4.69) is 10.4 Å². The lowest BCUT2D eigenvalue weighted by molar-refractivity contribution is 0.101. The fourth-order valence-corrected chi connectivity index (χ4v) is 5.75. The van der Waals surface area contributed by atoms with Crippen molar-refractivity contribution in [2.75, 3.05) is 5.43 Å². The summed E-state index contributed by atoms with van der Waals surface area (Å²) in [4.78, 5) is 31.8.